The van der Waals surface area contributed by atoms with Gasteiger partial charge >= 0.3 is 0 Å². The highest BCUT2D eigenvalue weighted by Crippen LogP contribution is 2.37. The quantitative estimate of drug-likeness (QED) is 0.379. The fourth-order valence-corrected chi connectivity index (χ4v) is 5.25. The molecule has 1 N–H and O–H groups in total. The summed E-state index contributed by atoms with van der Waals surface area (Å²) >= 11 is 13.7. The average Bonchev–Trinajstić information content (AvgIpc) is 3.26. The van der Waals surface area contributed by atoms with Gasteiger partial charge in [-0.3, -0.25) is 9.59 Å². The molecule has 0 atom stereocenters. The molecule has 0 unspecified atom stereocenters. The zero-order valence-corrected chi connectivity index (χ0v) is 17.8. The van der Waals surface area contributed by atoms with E-state index in [1.54, 1.807) is 29.2 Å². The summed E-state index contributed by atoms with van der Waals surface area (Å²) < 4.78 is 0.861. The molecular weight excluding hydrogens is 439 g/mol. The molecule has 1 aliphatic heterocycles. The molecule has 7 heteroatoms. The van der Waals surface area contributed by atoms with Crippen LogP contribution in [0.25, 0.3) is 10.1 Å². The zero-order chi connectivity index (χ0) is 20.8. The number of halogens is 2. The van der Waals surface area contributed by atoms with Crippen LogP contribution < -0.4 is 10.2 Å². The molecule has 0 radical (unpaired) electrons. The molecule has 4 nitrogen and oxygen atoms in total. The van der Waals surface area contributed by atoms with Gasteiger partial charge in [0, 0.05) is 32.0 Å². The van der Waals surface area contributed by atoms with Crippen molar-refractivity contribution < 1.29 is 9.59 Å². The minimum Gasteiger partial charge on any atom is -0.321 e. The maximum Gasteiger partial charge on any atom is 0.267 e. The van der Waals surface area contributed by atoms with Gasteiger partial charge < -0.3 is 10.2 Å². The summed E-state index contributed by atoms with van der Waals surface area (Å²) in [6.07, 6.45) is 0. The number of carbonyl (C=O) groups is 2. The fourth-order valence-electron chi connectivity index (χ4n) is 3.56. The maximum absolute atomic E-state index is 12.7. The smallest absolute Gasteiger partial charge is 0.267 e. The predicted molar refractivity (Wildman–Crippen MR) is 123 cm³/mol. The van der Waals surface area contributed by atoms with Crippen LogP contribution in [0.5, 0.6) is 0 Å². The Labute approximate surface area is 186 Å². The summed E-state index contributed by atoms with van der Waals surface area (Å²) in [7, 11) is 0. The van der Waals surface area contributed by atoms with Crippen molar-refractivity contribution in [3.05, 3.63) is 92.8 Å². The van der Waals surface area contributed by atoms with E-state index < -0.39 is 0 Å². The summed E-state index contributed by atoms with van der Waals surface area (Å²) in [5, 5.41) is 4.69. The van der Waals surface area contributed by atoms with E-state index in [0.717, 1.165) is 26.9 Å². The number of nitrogens with zero attached hydrogens (tertiary/aromatic N) is 1. The van der Waals surface area contributed by atoms with E-state index in [9.17, 15) is 9.59 Å². The van der Waals surface area contributed by atoms with Gasteiger partial charge in [-0.25, -0.2) is 0 Å². The van der Waals surface area contributed by atoms with E-state index in [1.165, 1.54) is 11.3 Å². The highest BCUT2D eigenvalue weighted by molar-refractivity contribution is 7.21. The van der Waals surface area contributed by atoms with E-state index in [-0.39, 0.29) is 11.8 Å². The molecule has 1 aromatic heterocycles. The van der Waals surface area contributed by atoms with E-state index >= 15 is 0 Å². The molecule has 2 amide bonds. The molecule has 2 heterocycles. The van der Waals surface area contributed by atoms with Crippen LogP contribution in [0, 0.1) is 0 Å². The first-order chi connectivity index (χ1) is 14.5. The van der Waals surface area contributed by atoms with Crippen LogP contribution in [0.2, 0.25) is 10.0 Å². The van der Waals surface area contributed by atoms with E-state index in [2.05, 4.69) is 5.32 Å². The summed E-state index contributed by atoms with van der Waals surface area (Å²) in [5.41, 5.74) is 3.15. The first kappa shape index (κ1) is 19.1. The van der Waals surface area contributed by atoms with Gasteiger partial charge in [-0.15, -0.1) is 11.3 Å². The standard InChI is InChI=1S/C23H14Cl2N2O2S/c24-14-5-10-18-19(11-14)30-21(20(18)25)22(28)26-15-6-8-16(9-7-15)27-12-13-3-1-2-4-17(13)23(27)29/h1-11H,12H2,(H,26,28). The molecule has 3 aromatic carbocycles. The Hall–Kier alpha value is -2.86. The van der Waals surface area contributed by atoms with Crippen molar-refractivity contribution >= 4 is 67.8 Å². The van der Waals surface area contributed by atoms with Gasteiger partial charge in [0.2, 0.25) is 0 Å². The van der Waals surface area contributed by atoms with Crippen molar-refractivity contribution in [2.24, 2.45) is 0 Å². The number of benzene rings is 3. The number of rotatable bonds is 3. The Morgan fingerprint density at radius 3 is 2.53 bits per heavy atom. The van der Waals surface area contributed by atoms with Gasteiger partial charge in [0.15, 0.2) is 0 Å². The Kier molecular flexibility index (Phi) is 4.74. The third-order valence-corrected chi connectivity index (χ3v) is 6.95. The lowest BCUT2D eigenvalue weighted by atomic mass is 10.1. The highest BCUT2D eigenvalue weighted by Gasteiger charge is 2.27. The minimum absolute atomic E-state index is 0.0156. The number of nitrogens with one attached hydrogen (secondary N) is 1. The first-order valence-corrected chi connectivity index (χ1v) is 10.8. The number of hydrogen-bond acceptors (Lipinski definition) is 3. The molecule has 5 rings (SSSR count). The molecule has 0 aliphatic carbocycles. The number of hydrogen-bond donors (Lipinski definition) is 1. The highest BCUT2D eigenvalue weighted by atomic mass is 35.5. The molecule has 0 bridgehead atoms. The fraction of sp³-hybridized carbons (Fsp3) is 0.0435. The Bertz CT molecular complexity index is 1310. The van der Waals surface area contributed by atoms with E-state index in [0.29, 0.717) is 27.2 Å². The van der Waals surface area contributed by atoms with Gasteiger partial charge in [-0.2, -0.15) is 0 Å². The van der Waals surface area contributed by atoms with Crippen LogP contribution in [-0.2, 0) is 6.54 Å². The number of amides is 2. The molecule has 30 heavy (non-hydrogen) atoms. The summed E-state index contributed by atoms with van der Waals surface area (Å²) in [6.45, 7) is 0.542. The summed E-state index contributed by atoms with van der Waals surface area (Å²) in [6, 6.07) is 20.2. The molecule has 0 fully saturated rings. The van der Waals surface area contributed by atoms with Crippen LogP contribution in [0.4, 0.5) is 11.4 Å². The normalized spacial score (nSPS) is 13.0. The molecule has 0 saturated carbocycles. The first-order valence-electron chi connectivity index (χ1n) is 9.20. The molecule has 4 aromatic rings. The topological polar surface area (TPSA) is 49.4 Å². The van der Waals surface area contributed by atoms with Crippen LogP contribution in [0.1, 0.15) is 25.6 Å². The molecule has 0 saturated heterocycles. The van der Waals surface area contributed by atoms with Gasteiger partial charge in [0.1, 0.15) is 4.88 Å². The average molecular weight is 453 g/mol. The largest absolute Gasteiger partial charge is 0.321 e. The Balaban J connectivity index is 1.35. The van der Waals surface area contributed by atoms with Gasteiger partial charge in [0.25, 0.3) is 11.8 Å². The van der Waals surface area contributed by atoms with Crippen molar-refractivity contribution in [1.82, 2.24) is 0 Å². The second kappa shape index (κ2) is 7.43. The van der Waals surface area contributed by atoms with Crippen LogP contribution in [0.15, 0.2) is 66.7 Å². The lowest BCUT2D eigenvalue weighted by Gasteiger charge is -2.16. The minimum atomic E-state index is -0.283. The van der Waals surface area contributed by atoms with Crippen LogP contribution >= 0.6 is 34.5 Å². The maximum atomic E-state index is 12.7. The van der Waals surface area contributed by atoms with Gasteiger partial charge in [-0.05, 0) is 48.0 Å². The second-order valence-corrected chi connectivity index (χ2v) is 8.80. The van der Waals surface area contributed by atoms with E-state index in [1.807, 2.05) is 42.5 Å². The summed E-state index contributed by atoms with van der Waals surface area (Å²) in [4.78, 5) is 27.5. The molecule has 1 aliphatic rings. The van der Waals surface area contributed by atoms with Crippen LogP contribution in [0.3, 0.4) is 0 Å². The molecule has 0 spiro atoms. The number of anilines is 2. The lowest BCUT2D eigenvalue weighted by Crippen LogP contribution is -2.22. The predicted octanol–water partition coefficient (Wildman–Crippen LogP) is 6.62. The Morgan fingerprint density at radius 2 is 1.77 bits per heavy atom. The number of carbonyl (C=O) groups excluding carboxylic acids is 2. The SMILES string of the molecule is O=C(Nc1ccc(N2Cc3ccccc3C2=O)cc1)c1sc2cc(Cl)ccc2c1Cl. The van der Waals surface area contributed by atoms with Crippen molar-refractivity contribution in [3.63, 3.8) is 0 Å². The van der Waals surface area contributed by atoms with Crippen molar-refractivity contribution in [1.29, 1.82) is 0 Å². The van der Waals surface area contributed by atoms with Crippen molar-refractivity contribution in [2.45, 2.75) is 6.54 Å². The number of fused-ring (bicyclic) bond motifs is 2. The second-order valence-electron chi connectivity index (χ2n) is 6.94. The van der Waals surface area contributed by atoms with Gasteiger partial charge in [-0.1, -0.05) is 47.5 Å². The van der Waals surface area contributed by atoms with Crippen molar-refractivity contribution in [2.75, 3.05) is 10.2 Å². The monoisotopic (exact) mass is 452 g/mol. The van der Waals surface area contributed by atoms with E-state index in [4.69, 9.17) is 23.2 Å². The van der Waals surface area contributed by atoms with Crippen LogP contribution in [-0.4, -0.2) is 11.8 Å². The Morgan fingerprint density at radius 1 is 1.00 bits per heavy atom. The molecule has 148 valence electrons. The molecular formula is C23H14Cl2N2O2S. The van der Waals surface area contributed by atoms with Gasteiger partial charge in [0.05, 0.1) is 11.6 Å². The third-order valence-electron chi connectivity index (χ3n) is 5.06. The third kappa shape index (κ3) is 3.25. The zero-order valence-electron chi connectivity index (χ0n) is 15.5. The summed E-state index contributed by atoms with van der Waals surface area (Å²) in [5.74, 6) is -0.298. The number of thiophene rings is 1. The lowest BCUT2D eigenvalue weighted by molar-refractivity contribution is 0.0994. The van der Waals surface area contributed by atoms with Crippen molar-refractivity contribution in [3.8, 4) is 0 Å².